The number of nitrogens with one attached hydrogen (secondary N) is 1. The lowest BCUT2D eigenvalue weighted by Gasteiger charge is -2.12. The molecule has 0 aromatic heterocycles. The standard InChI is InChI=1S/C8H16N2O3/c1-9-7(11)4-3-5-10(2)6-8(12)13/h3-6H2,1-2H3,(H,9,11)(H,12,13). The Hall–Kier alpha value is -1.10. The number of amides is 1. The normalized spacial score (nSPS) is 10.1. The van der Waals surface area contributed by atoms with Crippen LogP contribution >= 0.6 is 0 Å². The van der Waals surface area contributed by atoms with Crippen molar-refractivity contribution in [2.45, 2.75) is 12.8 Å². The van der Waals surface area contributed by atoms with Gasteiger partial charge in [0.25, 0.3) is 0 Å². The molecule has 0 aliphatic rings. The lowest BCUT2D eigenvalue weighted by molar-refractivity contribution is -0.137. The van der Waals surface area contributed by atoms with E-state index in [0.29, 0.717) is 19.4 Å². The minimum absolute atomic E-state index is 0.0104. The summed E-state index contributed by atoms with van der Waals surface area (Å²) in [5, 5.41) is 10.9. The first-order valence-corrected chi connectivity index (χ1v) is 4.17. The van der Waals surface area contributed by atoms with Crippen molar-refractivity contribution < 1.29 is 14.7 Å². The average Bonchev–Trinajstić information content (AvgIpc) is 2.02. The quantitative estimate of drug-likeness (QED) is 0.591. The molecule has 0 atom stereocenters. The molecule has 0 radical (unpaired) electrons. The summed E-state index contributed by atoms with van der Waals surface area (Å²) in [4.78, 5) is 22.7. The number of nitrogens with zero attached hydrogens (tertiary/aromatic N) is 1. The fraction of sp³-hybridized carbons (Fsp3) is 0.750. The topological polar surface area (TPSA) is 69.6 Å². The van der Waals surface area contributed by atoms with Crippen molar-refractivity contribution in [3.8, 4) is 0 Å². The van der Waals surface area contributed by atoms with Gasteiger partial charge in [0.1, 0.15) is 0 Å². The van der Waals surface area contributed by atoms with Gasteiger partial charge in [-0.15, -0.1) is 0 Å². The minimum Gasteiger partial charge on any atom is -0.480 e. The second kappa shape index (κ2) is 6.42. The molecule has 0 aromatic carbocycles. The number of aliphatic carboxylic acids is 1. The molecule has 5 nitrogen and oxygen atoms in total. The van der Waals surface area contributed by atoms with Gasteiger partial charge in [-0.05, 0) is 20.0 Å². The molecule has 2 N–H and O–H groups in total. The Morgan fingerprint density at radius 2 is 2.08 bits per heavy atom. The first-order chi connectivity index (χ1) is 6.06. The van der Waals surface area contributed by atoms with Crippen molar-refractivity contribution in [1.82, 2.24) is 10.2 Å². The zero-order chi connectivity index (χ0) is 10.3. The molecule has 0 fully saturated rings. The fourth-order valence-corrected chi connectivity index (χ4v) is 0.944. The highest BCUT2D eigenvalue weighted by Gasteiger charge is 2.04. The van der Waals surface area contributed by atoms with Crippen molar-refractivity contribution in [2.75, 3.05) is 27.2 Å². The van der Waals surface area contributed by atoms with Crippen LogP contribution in [0, 0.1) is 0 Å². The molecule has 0 rings (SSSR count). The van der Waals surface area contributed by atoms with Gasteiger partial charge >= 0.3 is 5.97 Å². The summed E-state index contributed by atoms with van der Waals surface area (Å²) in [6.45, 7) is 0.646. The summed E-state index contributed by atoms with van der Waals surface area (Å²) >= 11 is 0. The number of rotatable bonds is 6. The predicted molar refractivity (Wildman–Crippen MR) is 48.4 cm³/mol. The Morgan fingerprint density at radius 3 is 2.54 bits per heavy atom. The van der Waals surface area contributed by atoms with E-state index in [0.717, 1.165) is 0 Å². The Kier molecular flexibility index (Phi) is 5.88. The highest BCUT2D eigenvalue weighted by atomic mass is 16.4. The lowest BCUT2D eigenvalue weighted by Crippen LogP contribution is -2.27. The molecule has 0 saturated heterocycles. The molecule has 0 spiro atoms. The molecular formula is C8H16N2O3. The molecule has 76 valence electrons. The zero-order valence-corrected chi connectivity index (χ0v) is 8.04. The van der Waals surface area contributed by atoms with Crippen molar-refractivity contribution >= 4 is 11.9 Å². The van der Waals surface area contributed by atoms with Crippen molar-refractivity contribution in [2.24, 2.45) is 0 Å². The first-order valence-electron chi connectivity index (χ1n) is 4.17. The molecule has 0 bridgehead atoms. The van der Waals surface area contributed by atoms with E-state index < -0.39 is 5.97 Å². The van der Waals surface area contributed by atoms with Crippen LogP contribution in [0.4, 0.5) is 0 Å². The number of hydrogen-bond acceptors (Lipinski definition) is 3. The van der Waals surface area contributed by atoms with Gasteiger partial charge in [0.15, 0.2) is 0 Å². The average molecular weight is 188 g/mol. The first kappa shape index (κ1) is 11.9. The number of likely N-dealkylation sites (N-methyl/N-ethyl adjacent to an activating group) is 1. The number of carbonyl (C=O) groups excluding carboxylic acids is 1. The van der Waals surface area contributed by atoms with Crippen LogP contribution in [0.25, 0.3) is 0 Å². The number of carbonyl (C=O) groups is 2. The second-order valence-corrected chi connectivity index (χ2v) is 2.91. The smallest absolute Gasteiger partial charge is 0.317 e. The number of carboxylic acid groups (broad SMARTS) is 1. The van der Waals surface area contributed by atoms with Crippen LogP contribution in [0.1, 0.15) is 12.8 Å². The van der Waals surface area contributed by atoms with Crippen LogP contribution in [0.2, 0.25) is 0 Å². The Bertz CT molecular complexity index is 182. The zero-order valence-electron chi connectivity index (χ0n) is 8.04. The van der Waals surface area contributed by atoms with E-state index in [9.17, 15) is 9.59 Å². The summed E-state index contributed by atoms with van der Waals surface area (Å²) in [6, 6.07) is 0. The van der Waals surface area contributed by atoms with Crippen LogP contribution in [0.15, 0.2) is 0 Å². The van der Waals surface area contributed by atoms with Crippen molar-refractivity contribution in [3.05, 3.63) is 0 Å². The van der Waals surface area contributed by atoms with Gasteiger partial charge in [0.2, 0.25) is 5.91 Å². The van der Waals surface area contributed by atoms with Crippen molar-refractivity contribution in [3.63, 3.8) is 0 Å². The third kappa shape index (κ3) is 7.27. The summed E-state index contributed by atoms with van der Waals surface area (Å²) in [5.41, 5.74) is 0. The van der Waals surface area contributed by atoms with E-state index in [1.807, 2.05) is 0 Å². The summed E-state index contributed by atoms with van der Waals surface area (Å²) in [7, 11) is 3.31. The Balaban J connectivity index is 3.42. The maximum absolute atomic E-state index is 10.8. The largest absolute Gasteiger partial charge is 0.480 e. The van der Waals surface area contributed by atoms with E-state index in [-0.39, 0.29) is 12.5 Å². The van der Waals surface area contributed by atoms with Gasteiger partial charge < -0.3 is 10.4 Å². The van der Waals surface area contributed by atoms with Crippen LogP contribution < -0.4 is 5.32 Å². The molecule has 0 saturated carbocycles. The van der Waals surface area contributed by atoms with Crippen LogP contribution in [-0.4, -0.2) is 49.1 Å². The molecular weight excluding hydrogens is 172 g/mol. The maximum atomic E-state index is 10.8. The van der Waals surface area contributed by atoms with Gasteiger partial charge in [0, 0.05) is 13.5 Å². The molecule has 0 unspecified atom stereocenters. The molecule has 0 heterocycles. The molecule has 13 heavy (non-hydrogen) atoms. The van der Waals surface area contributed by atoms with E-state index >= 15 is 0 Å². The van der Waals surface area contributed by atoms with Crippen LogP contribution in [0.3, 0.4) is 0 Å². The van der Waals surface area contributed by atoms with E-state index in [1.54, 1.807) is 19.0 Å². The van der Waals surface area contributed by atoms with Gasteiger partial charge in [0.05, 0.1) is 6.54 Å². The monoisotopic (exact) mass is 188 g/mol. The third-order valence-electron chi connectivity index (χ3n) is 1.63. The molecule has 1 amide bonds. The van der Waals surface area contributed by atoms with E-state index in [2.05, 4.69) is 5.32 Å². The van der Waals surface area contributed by atoms with Gasteiger partial charge in [-0.3, -0.25) is 14.5 Å². The van der Waals surface area contributed by atoms with Crippen LogP contribution in [-0.2, 0) is 9.59 Å². The Labute approximate surface area is 77.7 Å². The summed E-state index contributed by atoms with van der Waals surface area (Å²) in [5.74, 6) is -0.855. The molecule has 0 aliphatic carbocycles. The molecule has 5 heteroatoms. The minimum atomic E-state index is -0.845. The highest BCUT2D eigenvalue weighted by molar-refractivity contribution is 5.75. The number of carboxylic acids is 1. The third-order valence-corrected chi connectivity index (χ3v) is 1.63. The van der Waals surface area contributed by atoms with E-state index in [4.69, 9.17) is 5.11 Å². The van der Waals surface area contributed by atoms with Gasteiger partial charge in [-0.25, -0.2) is 0 Å². The van der Waals surface area contributed by atoms with Crippen molar-refractivity contribution in [1.29, 1.82) is 0 Å². The second-order valence-electron chi connectivity index (χ2n) is 2.91. The van der Waals surface area contributed by atoms with Gasteiger partial charge in [-0.1, -0.05) is 0 Å². The maximum Gasteiger partial charge on any atom is 0.317 e. The van der Waals surface area contributed by atoms with Crippen LogP contribution in [0.5, 0.6) is 0 Å². The van der Waals surface area contributed by atoms with E-state index in [1.165, 1.54) is 0 Å². The molecule has 0 aromatic rings. The predicted octanol–water partition coefficient (Wildman–Crippen LogP) is -0.471. The molecule has 0 aliphatic heterocycles. The number of hydrogen-bond donors (Lipinski definition) is 2. The summed E-state index contributed by atoms with van der Waals surface area (Å²) in [6.07, 6.45) is 1.13. The summed E-state index contributed by atoms with van der Waals surface area (Å²) < 4.78 is 0. The fourth-order valence-electron chi connectivity index (χ4n) is 0.944. The Morgan fingerprint density at radius 1 is 1.46 bits per heavy atom. The lowest BCUT2D eigenvalue weighted by atomic mass is 10.3. The van der Waals surface area contributed by atoms with Gasteiger partial charge in [-0.2, -0.15) is 0 Å². The SMILES string of the molecule is CNC(=O)CCCN(C)CC(=O)O. The highest BCUT2D eigenvalue weighted by Crippen LogP contribution is 1.92.